The highest BCUT2D eigenvalue weighted by atomic mass is 16.4. The molecule has 10 nitrogen and oxygen atoms in total. The Bertz CT molecular complexity index is 1470. The van der Waals surface area contributed by atoms with Crippen molar-refractivity contribution in [2.24, 2.45) is 0 Å². The van der Waals surface area contributed by atoms with E-state index in [1.54, 1.807) is 0 Å². The first-order valence-electron chi connectivity index (χ1n) is 11.0. The number of benzene rings is 2. The van der Waals surface area contributed by atoms with Crippen LogP contribution in [0.1, 0.15) is 46.6 Å². The fraction of sp³-hybridized carbons (Fsp3) is 0.208. The van der Waals surface area contributed by atoms with Crippen molar-refractivity contribution >= 4 is 11.6 Å². The molecular weight excluding hydrogens is 432 g/mol. The van der Waals surface area contributed by atoms with Crippen LogP contribution in [0.3, 0.4) is 0 Å². The summed E-state index contributed by atoms with van der Waals surface area (Å²) in [6.07, 6.45) is 2.26. The molecule has 2 N–H and O–H groups in total. The third kappa shape index (κ3) is 3.90. The summed E-state index contributed by atoms with van der Waals surface area (Å²) in [5.74, 6) is -0.154. The van der Waals surface area contributed by atoms with Gasteiger partial charge in [-0.2, -0.15) is 4.52 Å². The molecule has 3 heterocycles. The summed E-state index contributed by atoms with van der Waals surface area (Å²) in [5.41, 5.74) is 6.39. The largest absolute Gasteiger partial charge is 0.475 e. The van der Waals surface area contributed by atoms with Crippen LogP contribution < -0.4 is 0 Å². The van der Waals surface area contributed by atoms with Gasteiger partial charge in [0, 0.05) is 23.2 Å². The molecule has 0 fully saturated rings. The number of hydrogen-bond donors (Lipinski definition) is 2. The van der Waals surface area contributed by atoms with Crippen LogP contribution in [0.5, 0.6) is 0 Å². The summed E-state index contributed by atoms with van der Waals surface area (Å²) in [4.78, 5) is 20.5. The van der Waals surface area contributed by atoms with Crippen LogP contribution in [0.4, 0.5) is 0 Å². The van der Waals surface area contributed by atoms with E-state index in [0.717, 1.165) is 46.4 Å². The highest BCUT2D eigenvalue weighted by Crippen LogP contribution is 2.30. The van der Waals surface area contributed by atoms with Gasteiger partial charge in [-0.15, -0.1) is 10.2 Å². The van der Waals surface area contributed by atoms with Crippen molar-refractivity contribution in [3.63, 3.8) is 0 Å². The van der Waals surface area contributed by atoms with Crippen LogP contribution in [0, 0.1) is 6.92 Å². The monoisotopic (exact) mass is 454 g/mol. The van der Waals surface area contributed by atoms with E-state index in [0.29, 0.717) is 23.7 Å². The first-order valence-corrected chi connectivity index (χ1v) is 11.0. The molecule has 0 radical (unpaired) electrons. The average molecular weight is 454 g/mol. The summed E-state index contributed by atoms with van der Waals surface area (Å²) in [6.45, 7) is 3.90. The standard InChI is InChI=1S/C24H22N8O2/c1-3-6-20-19(23-26-22(24(33)34)29-32(23)14(2)25-20)13-15-9-11-16(12-10-15)17-7-4-5-8-18(17)21-27-30-31-28-21/h4-5,7-12H,3,6,13H2,1-2H3,(H,33,34)(H,27,28,30,31). The van der Waals surface area contributed by atoms with Gasteiger partial charge in [-0.05, 0) is 40.5 Å². The molecule has 0 atom stereocenters. The Hall–Kier alpha value is -4.47. The van der Waals surface area contributed by atoms with Crippen molar-refractivity contribution < 1.29 is 9.90 Å². The van der Waals surface area contributed by atoms with Gasteiger partial charge in [-0.25, -0.2) is 19.9 Å². The fourth-order valence-electron chi connectivity index (χ4n) is 4.11. The number of tetrazole rings is 1. The lowest BCUT2D eigenvalue weighted by atomic mass is 9.96. The molecule has 34 heavy (non-hydrogen) atoms. The smallest absolute Gasteiger partial charge is 0.375 e. The van der Waals surface area contributed by atoms with E-state index >= 15 is 0 Å². The van der Waals surface area contributed by atoms with E-state index in [2.05, 4.69) is 61.9 Å². The SMILES string of the molecule is CCCc1nc(C)n2nc(C(=O)O)nc2c1Cc1ccc(-c2ccccc2-c2nnn[nH]2)cc1. The van der Waals surface area contributed by atoms with Crippen molar-refractivity contribution in [2.45, 2.75) is 33.1 Å². The number of nitrogens with zero attached hydrogens (tertiary/aromatic N) is 7. The Morgan fingerprint density at radius 3 is 2.50 bits per heavy atom. The molecule has 0 amide bonds. The summed E-state index contributed by atoms with van der Waals surface area (Å²) in [5, 5.41) is 27.7. The third-order valence-electron chi connectivity index (χ3n) is 5.68. The van der Waals surface area contributed by atoms with Gasteiger partial charge in [0.25, 0.3) is 5.82 Å². The molecule has 0 unspecified atom stereocenters. The van der Waals surface area contributed by atoms with Crippen LogP contribution in [0.25, 0.3) is 28.2 Å². The van der Waals surface area contributed by atoms with Crippen LogP contribution in [-0.4, -0.2) is 51.3 Å². The zero-order valence-electron chi connectivity index (χ0n) is 18.7. The van der Waals surface area contributed by atoms with Crippen molar-refractivity contribution in [3.8, 4) is 22.5 Å². The van der Waals surface area contributed by atoms with Crippen molar-refractivity contribution in [3.05, 3.63) is 77.0 Å². The van der Waals surface area contributed by atoms with E-state index in [1.165, 1.54) is 4.52 Å². The van der Waals surface area contributed by atoms with Crippen molar-refractivity contribution in [1.29, 1.82) is 0 Å². The van der Waals surface area contributed by atoms with Gasteiger partial charge in [-0.1, -0.05) is 61.9 Å². The van der Waals surface area contributed by atoms with Crippen LogP contribution in [0.15, 0.2) is 48.5 Å². The summed E-state index contributed by atoms with van der Waals surface area (Å²) in [7, 11) is 0. The summed E-state index contributed by atoms with van der Waals surface area (Å²) < 4.78 is 1.52. The lowest BCUT2D eigenvalue weighted by molar-refractivity contribution is 0.0684. The number of rotatable bonds is 7. The molecule has 5 aromatic rings. The maximum absolute atomic E-state index is 11.5. The van der Waals surface area contributed by atoms with Gasteiger partial charge in [0.2, 0.25) is 0 Å². The number of aromatic carboxylic acids is 1. The molecule has 0 bridgehead atoms. The lowest BCUT2D eigenvalue weighted by Crippen LogP contribution is -2.08. The molecule has 0 saturated heterocycles. The first kappa shape index (κ1) is 21.4. The zero-order valence-corrected chi connectivity index (χ0v) is 18.7. The second kappa shape index (κ2) is 8.81. The molecule has 10 heteroatoms. The van der Waals surface area contributed by atoms with E-state index in [9.17, 15) is 9.90 Å². The molecule has 2 aromatic carbocycles. The Morgan fingerprint density at radius 2 is 1.82 bits per heavy atom. The number of aromatic amines is 1. The topological polar surface area (TPSA) is 135 Å². The Labute approximate surface area is 194 Å². The molecule has 0 saturated carbocycles. The normalized spacial score (nSPS) is 11.2. The summed E-state index contributed by atoms with van der Waals surface area (Å²) >= 11 is 0. The fourth-order valence-corrected chi connectivity index (χ4v) is 4.11. The second-order valence-electron chi connectivity index (χ2n) is 7.98. The number of nitrogens with one attached hydrogen (secondary N) is 1. The quantitative estimate of drug-likeness (QED) is 0.381. The van der Waals surface area contributed by atoms with E-state index in [1.807, 2.05) is 31.2 Å². The number of hydrogen-bond acceptors (Lipinski definition) is 7. The van der Waals surface area contributed by atoms with Crippen molar-refractivity contribution in [2.75, 3.05) is 0 Å². The molecule has 170 valence electrons. The highest BCUT2D eigenvalue weighted by Gasteiger charge is 2.19. The first-order chi connectivity index (χ1) is 16.5. The van der Waals surface area contributed by atoms with Gasteiger partial charge in [0.15, 0.2) is 11.5 Å². The molecule has 0 spiro atoms. The highest BCUT2D eigenvalue weighted by molar-refractivity contribution is 5.84. The maximum atomic E-state index is 11.5. The number of fused-ring (bicyclic) bond motifs is 1. The number of H-pyrrole nitrogens is 1. The Morgan fingerprint density at radius 1 is 1.06 bits per heavy atom. The molecule has 0 aliphatic heterocycles. The molecular formula is C24H22N8O2. The van der Waals surface area contributed by atoms with Crippen LogP contribution >= 0.6 is 0 Å². The number of carboxylic acids is 1. The Balaban J connectivity index is 1.53. The molecule has 0 aliphatic rings. The van der Waals surface area contributed by atoms with Crippen LogP contribution in [0.2, 0.25) is 0 Å². The lowest BCUT2D eigenvalue weighted by Gasteiger charge is -2.12. The predicted octanol–water partition coefficient (Wildman–Crippen LogP) is 3.52. The number of aromatic nitrogens is 8. The van der Waals surface area contributed by atoms with Crippen LogP contribution in [-0.2, 0) is 12.8 Å². The number of aryl methyl sites for hydroxylation is 2. The third-order valence-corrected chi connectivity index (χ3v) is 5.68. The number of carbonyl (C=O) groups is 1. The van der Waals surface area contributed by atoms with Gasteiger partial charge in [0.05, 0.1) is 0 Å². The minimum absolute atomic E-state index is 0.228. The van der Waals surface area contributed by atoms with E-state index < -0.39 is 5.97 Å². The molecule has 3 aromatic heterocycles. The van der Waals surface area contributed by atoms with Gasteiger partial charge in [0.1, 0.15) is 5.82 Å². The van der Waals surface area contributed by atoms with E-state index in [4.69, 9.17) is 4.98 Å². The maximum Gasteiger partial charge on any atom is 0.375 e. The molecule has 5 rings (SSSR count). The van der Waals surface area contributed by atoms with Gasteiger partial charge in [-0.3, -0.25) is 0 Å². The molecule has 0 aliphatic carbocycles. The second-order valence-corrected chi connectivity index (χ2v) is 7.98. The Kier molecular flexibility index (Phi) is 5.54. The van der Waals surface area contributed by atoms with E-state index in [-0.39, 0.29) is 5.82 Å². The summed E-state index contributed by atoms with van der Waals surface area (Å²) in [6, 6.07) is 16.2. The number of carboxylic acid groups (broad SMARTS) is 1. The predicted molar refractivity (Wildman–Crippen MR) is 124 cm³/mol. The van der Waals surface area contributed by atoms with Crippen molar-refractivity contribution in [1.82, 2.24) is 40.2 Å². The average Bonchev–Trinajstić information content (AvgIpc) is 3.53. The minimum Gasteiger partial charge on any atom is -0.475 e. The van der Waals surface area contributed by atoms with Gasteiger partial charge < -0.3 is 5.11 Å². The minimum atomic E-state index is -1.16. The van der Waals surface area contributed by atoms with Gasteiger partial charge >= 0.3 is 5.97 Å². The zero-order chi connectivity index (χ0) is 23.7.